The highest BCUT2D eigenvalue weighted by atomic mass is 79.9. The van der Waals surface area contributed by atoms with Gasteiger partial charge in [-0.25, -0.2) is 4.39 Å². The molecule has 0 spiro atoms. The molecular weight excluding hydrogens is 317 g/mol. The van der Waals surface area contributed by atoms with Gasteiger partial charge in [0.2, 0.25) is 0 Å². The molecule has 0 radical (unpaired) electrons. The van der Waals surface area contributed by atoms with Crippen molar-refractivity contribution >= 4 is 21.6 Å². The number of hydrogen-bond donors (Lipinski definition) is 1. The highest BCUT2D eigenvalue weighted by Crippen LogP contribution is 2.39. The van der Waals surface area contributed by atoms with Crippen LogP contribution < -0.4 is 5.32 Å². The van der Waals surface area contributed by atoms with Gasteiger partial charge in [0.25, 0.3) is 0 Å². The first-order valence-electron chi connectivity index (χ1n) is 6.90. The Morgan fingerprint density at radius 3 is 2.65 bits per heavy atom. The molecule has 0 amide bonds. The molecule has 104 valence electrons. The largest absolute Gasteiger partial charge is 0.382 e. The van der Waals surface area contributed by atoms with Crippen molar-refractivity contribution in [2.45, 2.75) is 31.7 Å². The molecule has 1 N–H and O–H groups in total. The van der Waals surface area contributed by atoms with Crippen molar-refractivity contribution < 1.29 is 4.39 Å². The van der Waals surface area contributed by atoms with Gasteiger partial charge in [0, 0.05) is 16.2 Å². The predicted molar refractivity (Wildman–Crippen MR) is 84.7 cm³/mol. The first kappa shape index (κ1) is 13.6. The van der Waals surface area contributed by atoms with Crippen LogP contribution in [0.3, 0.4) is 0 Å². The molecule has 2 aromatic rings. The lowest BCUT2D eigenvalue weighted by molar-refractivity contribution is 0.373. The van der Waals surface area contributed by atoms with Gasteiger partial charge in [0.15, 0.2) is 0 Å². The molecule has 20 heavy (non-hydrogen) atoms. The van der Waals surface area contributed by atoms with Crippen molar-refractivity contribution in [3.63, 3.8) is 0 Å². The van der Waals surface area contributed by atoms with Crippen molar-refractivity contribution in [3.8, 4) is 0 Å². The summed E-state index contributed by atoms with van der Waals surface area (Å²) in [5.41, 5.74) is 3.56. The van der Waals surface area contributed by atoms with E-state index in [9.17, 15) is 4.39 Å². The molecule has 0 saturated heterocycles. The Kier molecular flexibility index (Phi) is 3.79. The molecule has 0 atom stereocenters. The zero-order valence-electron chi connectivity index (χ0n) is 11.4. The van der Waals surface area contributed by atoms with Gasteiger partial charge in [-0.3, -0.25) is 0 Å². The Morgan fingerprint density at radius 2 is 1.95 bits per heavy atom. The van der Waals surface area contributed by atoms with Crippen LogP contribution in [0.1, 0.15) is 29.9 Å². The van der Waals surface area contributed by atoms with E-state index in [-0.39, 0.29) is 5.82 Å². The minimum atomic E-state index is -0.136. The number of benzene rings is 2. The average molecular weight is 334 g/mol. The van der Waals surface area contributed by atoms with Gasteiger partial charge in [0.05, 0.1) is 0 Å². The van der Waals surface area contributed by atoms with Crippen molar-refractivity contribution in [1.82, 2.24) is 0 Å². The van der Waals surface area contributed by atoms with Gasteiger partial charge in [-0.1, -0.05) is 28.1 Å². The molecule has 0 aliphatic heterocycles. The second kappa shape index (κ2) is 5.57. The maximum Gasteiger partial charge on any atom is 0.123 e. The normalized spacial score (nSPS) is 21.4. The van der Waals surface area contributed by atoms with E-state index in [1.807, 2.05) is 6.07 Å². The summed E-state index contributed by atoms with van der Waals surface area (Å²) < 4.78 is 14.3. The van der Waals surface area contributed by atoms with E-state index in [4.69, 9.17) is 0 Å². The van der Waals surface area contributed by atoms with Crippen LogP contribution in [0.4, 0.5) is 10.1 Å². The fourth-order valence-corrected chi connectivity index (χ4v) is 3.25. The summed E-state index contributed by atoms with van der Waals surface area (Å²) in [5.74, 6) is 0.349. The van der Waals surface area contributed by atoms with E-state index in [1.165, 1.54) is 17.3 Å². The van der Waals surface area contributed by atoms with Gasteiger partial charge < -0.3 is 5.32 Å². The Morgan fingerprint density at radius 1 is 1.15 bits per heavy atom. The van der Waals surface area contributed by atoms with Gasteiger partial charge in [-0.05, 0) is 67.1 Å². The summed E-state index contributed by atoms with van der Waals surface area (Å²) in [6.45, 7) is 2.11. The third kappa shape index (κ3) is 2.88. The van der Waals surface area contributed by atoms with Crippen LogP contribution in [-0.4, -0.2) is 6.04 Å². The van der Waals surface area contributed by atoms with Crippen LogP contribution in [0, 0.1) is 12.7 Å². The van der Waals surface area contributed by atoms with Crippen LogP contribution in [0.15, 0.2) is 46.9 Å². The van der Waals surface area contributed by atoms with E-state index in [1.54, 1.807) is 12.1 Å². The number of hydrogen-bond acceptors (Lipinski definition) is 1. The predicted octanol–water partition coefficient (Wildman–Crippen LogP) is 5.25. The van der Waals surface area contributed by atoms with E-state index < -0.39 is 0 Å². The Hall–Kier alpha value is -1.35. The molecule has 3 rings (SSSR count). The van der Waals surface area contributed by atoms with Gasteiger partial charge >= 0.3 is 0 Å². The van der Waals surface area contributed by atoms with E-state index in [0.717, 1.165) is 22.9 Å². The molecule has 1 saturated carbocycles. The van der Waals surface area contributed by atoms with Crippen LogP contribution >= 0.6 is 15.9 Å². The molecule has 1 aliphatic carbocycles. The third-order valence-corrected chi connectivity index (χ3v) is 4.50. The first-order chi connectivity index (χ1) is 9.61. The van der Waals surface area contributed by atoms with Gasteiger partial charge in [-0.2, -0.15) is 0 Å². The van der Waals surface area contributed by atoms with E-state index >= 15 is 0 Å². The molecule has 1 aliphatic rings. The second-order valence-corrected chi connectivity index (χ2v) is 6.44. The van der Waals surface area contributed by atoms with Crippen molar-refractivity contribution in [3.05, 3.63) is 63.9 Å². The Balaban J connectivity index is 1.61. The summed E-state index contributed by atoms with van der Waals surface area (Å²) in [6.07, 6.45) is 2.14. The van der Waals surface area contributed by atoms with E-state index in [0.29, 0.717) is 12.0 Å². The number of rotatable bonds is 3. The van der Waals surface area contributed by atoms with Gasteiger partial charge in [-0.15, -0.1) is 0 Å². The second-order valence-electron chi connectivity index (χ2n) is 5.52. The molecule has 0 aromatic heterocycles. The SMILES string of the molecule is Cc1cc(Br)ccc1NC1CC(c2cccc(F)c2)C1. The summed E-state index contributed by atoms with van der Waals surface area (Å²) in [4.78, 5) is 0. The zero-order chi connectivity index (χ0) is 14.1. The van der Waals surface area contributed by atoms with Crippen LogP contribution in [0.25, 0.3) is 0 Å². The molecule has 0 unspecified atom stereocenters. The van der Waals surface area contributed by atoms with Crippen molar-refractivity contribution in [2.75, 3.05) is 5.32 Å². The van der Waals surface area contributed by atoms with Crippen LogP contribution in [-0.2, 0) is 0 Å². The summed E-state index contributed by atoms with van der Waals surface area (Å²) in [7, 11) is 0. The standard InChI is InChI=1S/C17H17BrFN/c1-11-7-14(18)5-6-17(11)20-16-9-13(10-16)12-3-2-4-15(19)8-12/h2-8,13,16,20H,9-10H2,1H3. The fraction of sp³-hybridized carbons (Fsp3) is 0.294. The lowest BCUT2D eigenvalue weighted by atomic mass is 9.75. The minimum Gasteiger partial charge on any atom is -0.382 e. The highest BCUT2D eigenvalue weighted by molar-refractivity contribution is 9.10. The average Bonchev–Trinajstić information content (AvgIpc) is 2.35. The summed E-state index contributed by atoms with van der Waals surface area (Å²) >= 11 is 3.48. The van der Waals surface area contributed by atoms with Crippen molar-refractivity contribution in [2.24, 2.45) is 0 Å². The molecule has 3 heteroatoms. The van der Waals surface area contributed by atoms with Gasteiger partial charge in [0.1, 0.15) is 5.82 Å². The number of nitrogens with one attached hydrogen (secondary N) is 1. The lowest BCUT2D eigenvalue weighted by Gasteiger charge is -2.37. The topological polar surface area (TPSA) is 12.0 Å². The monoisotopic (exact) mass is 333 g/mol. The number of aryl methyl sites for hydroxylation is 1. The van der Waals surface area contributed by atoms with E-state index in [2.05, 4.69) is 46.4 Å². The maximum atomic E-state index is 13.2. The Bertz CT molecular complexity index is 620. The fourth-order valence-electron chi connectivity index (χ4n) is 2.78. The zero-order valence-corrected chi connectivity index (χ0v) is 13.0. The Labute approximate surface area is 127 Å². The van der Waals surface area contributed by atoms with Crippen LogP contribution in [0.2, 0.25) is 0 Å². The highest BCUT2D eigenvalue weighted by Gasteiger charge is 2.30. The summed E-state index contributed by atoms with van der Waals surface area (Å²) in [5, 5.41) is 3.57. The minimum absolute atomic E-state index is 0.136. The maximum absolute atomic E-state index is 13.2. The quantitative estimate of drug-likeness (QED) is 0.808. The molecule has 2 aromatic carbocycles. The van der Waals surface area contributed by atoms with Crippen LogP contribution in [0.5, 0.6) is 0 Å². The number of anilines is 1. The lowest BCUT2D eigenvalue weighted by Crippen LogP contribution is -2.34. The molecule has 1 nitrogen and oxygen atoms in total. The molecular formula is C17H17BrFN. The molecule has 0 bridgehead atoms. The first-order valence-corrected chi connectivity index (χ1v) is 7.69. The smallest absolute Gasteiger partial charge is 0.123 e. The molecule has 1 fully saturated rings. The molecule has 0 heterocycles. The third-order valence-electron chi connectivity index (χ3n) is 4.01. The number of halogens is 2. The summed E-state index contributed by atoms with van der Waals surface area (Å²) in [6, 6.07) is 13.7. The van der Waals surface area contributed by atoms with Crippen molar-refractivity contribution in [1.29, 1.82) is 0 Å².